The Labute approximate surface area is 116 Å². The summed E-state index contributed by atoms with van der Waals surface area (Å²) >= 11 is 12.0. The summed E-state index contributed by atoms with van der Waals surface area (Å²) in [5.41, 5.74) is 0.280. The second kappa shape index (κ2) is 5.89. The first-order valence-electron chi connectivity index (χ1n) is 6.09. The fraction of sp³-hybridized carbons (Fsp3) is 0.538. The number of hydrogen-bond acceptors (Lipinski definition) is 3. The molecule has 0 aromatic carbocycles. The van der Waals surface area contributed by atoms with E-state index in [1.54, 1.807) is 0 Å². The van der Waals surface area contributed by atoms with Crippen LogP contribution in [-0.2, 0) is 9.59 Å². The van der Waals surface area contributed by atoms with Gasteiger partial charge in [-0.25, -0.2) is 0 Å². The molecule has 18 heavy (non-hydrogen) atoms. The van der Waals surface area contributed by atoms with E-state index in [2.05, 4.69) is 5.32 Å². The van der Waals surface area contributed by atoms with Crippen LogP contribution in [0.4, 0.5) is 0 Å². The highest BCUT2D eigenvalue weighted by molar-refractivity contribution is 6.31. The Bertz CT molecular complexity index is 411. The Morgan fingerprint density at radius 2 is 1.94 bits per heavy atom. The maximum atomic E-state index is 11.6. The summed E-state index contributed by atoms with van der Waals surface area (Å²) in [6.07, 6.45) is 6.41. The van der Waals surface area contributed by atoms with Gasteiger partial charge < -0.3 is 5.32 Å². The van der Waals surface area contributed by atoms with Gasteiger partial charge in [-0.05, 0) is 25.3 Å². The van der Waals surface area contributed by atoms with E-state index in [4.69, 9.17) is 23.2 Å². The summed E-state index contributed by atoms with van der Waals surface area (Å²) in [7, 11) is 0. The van der Waals surface area contributed by atoms with Crippen LogP contribution in [0.5, 0.6) is 0 Å². The fourth-order valence-electron chi connectivity index (χ4n) is 2.23. The number of carbonyl (C=O) groups is 2. The lowest BCUT2D eigenvalue weighted by Crippen LogP contribution is -2.31. The summed E-state index contributed by atoms with van der Waals surface area (Å²) in [6, 6.07) is -0.0104. The van der Waals surface area contributed by atoms with Gasteiger partial charge in [0.15, 0.2) is 11.6 Å². The van der Waals surface area contributed by atoms with Crippen molar-refractivity contribution >= 4 is 34.8 Å². The number of hydrogen-bond donors (Lipinski definition) is 1. The van der Waals surface area contributed by atoms with Crippen molar-refractivity contribution < 1.29 is 9.59 Å². The minimum atomic E-state index is -0.0768. The number of nitrogens with one attached hydrogen (secondary N) is 1. The molecule has 0 saturated heterocycles. The summed E-state index contributed by atoms with van der Waals surface area (Å²) in [5, 5.41) is 3.78. The highest BCUT2D eigenvalue weighted by Crippen LogP contribution is 2.25. The van der Waals surface area contributed by atoms with E-state index in [9.17, 15) is 9.59 Å². The van der Waals surface area contributed by atoms with Crippen molar-refractivity contribution in [3.8, 4) is 0 Å². The Morgan fingerprint density at radius 1 is 1.28 bits per heavy atom. The van der Waals surface area contributed by atoms with Gasteiger partial charge in [0, 0.05) is 35.5 Å². The monoisotopic (exact) mass is 287 g/mol. The minimum absolute atomic E-state index is 0.00356. The van der Waals surface area contributed by atoms with E-state index in [0.717, 1.165) is 11.5 Å². The van der Waals surface area contributed by atoms with E-state index in [1.165, 1.54) is 6.20 Å². The number of halogens is 2. The Morgan fingerprint density at radius 3 is 2.56 bits per heavy atom. The molecule has 0 radical (unpaired) electrons. The number of allylic oxidation sites excluding steroid dienone is 2. The van der Waals surface area contributed by atoms with Crippen LogP contribution in [-0.4, -0.2) is 23.0 Å². The molecule has 3 nitrogen and oxygen atoms in total. The fourth-order valence-corrected chi connectivity index (χ4v) is 3.00. The van der Waals surface area contributed by atoms with Gasteiger partial charge in [0.2, 0.25) is 0 Å². The Balaban J connectivity index is 2.03. The standard InChI is InChI=1S/C13H15Cl2NO2/c14-8-4-9(15)6-10(5-8)16-7-11-12(17)2-1-3-13(11)18/h5,7,9-10,16H,1-4,6H2. The van der Waals surface area contributed by atoms with Crippen LogP contribution in [0.25, 0.3) is 0 Å². The number of carbonyl (C=O) groups excluding carboxylic acids is 2. The molecule has 2 aliphatic carbocycles. The Hall–Kier alpha value is -0.800. The molecular formula is C13H15Cl2NO2. The van der Waals surface area contributed by atoms with Crippen LogP contribution < -0.4 is 5.32 Å². The predicted molar refractivity (Wildman–Crippen MR) is 71.7 cm³/mol. The summed E-state index contributed by atoms with van der Waals surface area (Å²) in [4.78, 5) is 23.2. The van der Waals surface area contributed by atoms with Crippen LogP contribution in [0.3, 0.4) is 0 Å². The zero-order valence-electron chi connectivity index (χ0n) is 9.92. The molecule has 2 unspecified atom stereocenters. The molecule has 98 valence electrons. The van der Waals surface area contributed by atoms with E-state index >= 15 is 0 Å². The molecule has 0 heterocycles. The van der Waals surface area contributed by atoms with Crippen LogP contribution in [0.15, 0.2) is 22.9 Å². The van der Waals surface area contributed by atoms with Gasteiger partial charge in [-0.2, -0.15) is 0 Å². The van der Waals surface area contributed by atoms with Gasteiger partial charge in [-0.1, -0.05) is 11.6 Å². The normalized spacial score (nSPS) is 29.0. The Kier molecular flexibility index (Phi) is 4.46. The molecule has 2 aliphatic rings. The number of Topliss-reactive ketones (excluding diaryl/α,β-unsaturated/α-hetero) is 2. The topological polar surface area (TPSA) is 46.2 Å². The third kappa shape index (κ3) is 3.36. The molecule has 2 rings (SSSR count). The molecule has 2 atom stereocenters. The summed E-state index contributed by atoms with van der Waals surface area (Å²) in [6.45, 7) is 0. The quantitative estimate of drug-likeness (QED) is 0.483. The van der Waals surface area contributed by atoms with Crippen molar-refractivity contribution in [2.75, 3.05) is 0 Å². The number of ketones is 2. The molecule has 0 amide bonds. The van der Waals surface area contributed by atoms with E-state index in [-0.39, 0.29) is 28.6 Å². The maximum Gasteiger partial charge on any atom is 0.167 e. The minimum Gasteiger partial charge on any atom is -0.384 e. The zero-order chi connectivity index (χ0) is 13.1. The second-order valence-electron chi connectivity index (χ2n) is 4.68. The van der Waals surface area contributed by atoms with Crippen molar-refractivity contribution in [1.29, 1.82) is 0 Å². The predicted octanol–water partition coefficient (Wildman–Crippen LogP) is 2.67. The molecule has 0 spiro atoms. The average molecular weight is 288 g/mol. The summed E-state index contributed by atoms with van der Waals surface area (Å²) in [5.74, 6) is -0.154. The zero-order valence-corrected chi connectivity index (χ0v) is 11.4. The maximum absolute atomic E-state index is 11.6. The van der Waals surface area contributed by atoms with E-state index in [1.807, 2.05) is 6.08 Å². The van der Waals surface area contributed by atoms with Gasteiger partial charge in [0.05, 0.1) is 5.57 Å². The first kappa shape index (κ1) is 13.6. The lowest BCUT2D eigenvalue weighted by molar-refractivity contribution is -0.123. The molecule has 0 aliphatic heterocycles. The first-order chi connectivity index (χ1) is 8.56. The second-order valence-corrected chi connectivity index (χ2v) is 5.78. The van der Waals surface area contributed by atoms with Crippen molar-refractivity contribution in [2.24, 2.45) is 0 Å². The third-order valence-corrected chi connectivity index (χ3v) is 3.77. The lowest BCUT2D eigenvalue weighted by Gasteiger charge is -2.23. The molecule has 0 bridgehead atoms. The number of rotatable bonds is 2. The van der Waals surface area contributed by atoms with Gasteiger partial charge >= 0.3 is 0 Å². The smallest absolute Gasteiger partial charge is 0.167 e. The van der Waals surface area contributed by atoms with Crippen LogP contribution in [0.2, 0.25) is 0 Å². The van der Waals surface area contributed by atoms with Crippen molar-refractivity contribution in [1.82, 2.24) is 5.32 Å². The highest BCUT2D eigenvalue weighted by Gasteiger charge is 2.24. The molecule has 0 aromatic rings. The molecular weight excluding hydrogens is 273 g/mol. The lowest BCUT2D eigenvalue weighted by atomic mass is 9.93. The van der Waals surface area contributed by atoms with Gasteiger partial charge in [-0.3, -0.25) is 9.59 Å². The average Bonchev–Trinajstić information content (AvgIpc) is 2.27. The van der Waals surface area contributed by atoms with Crippen molar-refractivity contribution in [2.45, 2.75) is 43.5 Å². The van der Waals surface area contributed by atoms with Crippen molar-refractivity contribution in [3.05, 3.63) is 22.9 Å². The van der Waals surface area contributed by atoms with Gasteiger partial charge in [-0.15, -0.1) is 11.6 Å². The number of alkyl halides is 1. The van der Waals surface area contributed by atoms with Crippen LogP contribution >= 0.6 is 23.2 Å². The molecule has 1 fully saturated rings. The summed E-state index contributed by atoms with van der Waals surface area (Å²) < 4.78 is 0. The molecule has 5 heteroatoms. The van der Waals surface area contributed by atoms with Crippen LogP contribution in [0, 0.1) is 0 Å². The molecule has 1 saturated carbocycles. The van der Waals surface area contributed by atoms with Gasteiger partial charge in [0.1, 0.15) is 0 Å². The van der Waals surface area contributed by atoms with E-state index in [0.29, 0.717) is 25.7 Å². The first-order valence-corrected chi connectivity index (χ1v) is 6.90. The van der Waals surface area contributed by atoms with Crippen LogP contribution in [0.1, 0.15) is 32.1 Å². The SMILES string of the molecule is O=C1CCCC(=O)C1=CNC1C=C(Cl)CC(Cl)C1. The van der Waals surface area contributed by atoms with Gasteiger partial charge in [0.25, 0.3) is 0 Å². The van der Waals surface area contributed by atoms with Crippen molar-refractivity contribution in [3.63, 3.8) is 0 Å². The third-order valence-electron chi connectivity index (χ3n) is 3.16. The molecule has 0 aromatic heterocycles. The highest BCUT2D eigenvalue weighted by atomic mass is 35.5. The van der Waals surface area contributed by atoms with E-state index < -0.39 is 0 Å². The largest absolute Gasteiger partial charge is 0.384 e. The molecule has 1 N–H and O–H groups in total.